The van der Waals surface area contributed by atoms with Gasteiger partial charge in [-0.1, -0.05) is 31.7 Å². The van der Waals surface area contributed by atoms with Crippen LogP contribution in [0.2, 0.25) is 0 Å². The van der Waals surface area contributed by atoms with Crippen molar-refractivity contribution in [3.8, 4) is 0 Å². The Bertz CT molecular complexity index is 403. The first-order valence-corrected chi connectivity index (χ1v) is 7.87. The van der Waals surface area contributed by atoms with Gasteiger partial charge in [0.2, 0.25) is 0 Å². The van der Waals surface area contributed by atoms with Gasteiger partial charge in [-0.25, -0.2) is 0 Å². The van der Waals surface area contributed by atoms with Gasteiger partial charge in [-0.3, -0.25) is 4.98 Å². The summed E-state index contributed by atoms with van der Waals surface area (Å²) in [5.41, 5.74) is 2.61. The average Bonchev–Trinajstić information content (AvgIpc) is 2.69. The Balaban J connectivity index is 2.36. The molecule has 112 valence electrons. The highest BCUT2D eigenvalue weighted by molar-refractivity contribution is 5.22. The van der Waals surface area contributed by atoms with Crippen molar-refractivity contribution in [2.45, 2.75) is 57.0 Å². The molecule has 3 heteroatoms. The first kappa shape index (κ1) is 15.5. The Morgan fingerprint density at radius 3 is 2.25 bits per heavy atom. The lowest BCUT2D eigenvalue weighted by molar-refractivity contribution is 0.0833. The maximum atomic E-state index is 4.50. The summed E-state index contributed by atoms with van der Waals surface area (Å²) in [6.07, 6.45) is 9.98. The van der Waals surface area contributed by atoms with Gasteiger partial charge in [-0.15, -0.1) is 0 Å². The maximum absolute atomic E-state index is 4.50. The lowest BCUT2D eigenvalue weighted by Crippen LogP contribution is -2.53. The van der Waals surface area contributed by atoms with E-state index in [0.29, 0.717) is 6.04 Å². The molecule has 3 nitrogen and oxygen atoms in total. The summed E-state index contributed by atoms with van der Waals surface area (Å²) in [6.45, 7) is 2.05. The third-order valence-corrected chi connectivity index (χ3v) is 4.95. The molecule has 0 spiro atoms. The minimum absolute atomic E-state index is 0.211. The number of nitrogens with zero attached hydrogens (tertiary/aromatic N) is 2. The summed E-state index contributed by atoms with van der Waals surface area (Å²) >= 11 is 0. The minimum Gasteiger partial charge on any atom is -0.311 e. The predicted octanol–water partition coefficient (Wildman–Crippen LogP) is 3.31. The van der Waals surface area contributed by atoms with Crippen molar-refractivity contribution in [1.82, 2.24) is 15.2 Å². The number of likely N-dealkylation sites (N-methyl/N-ethyl adjacent to an activating group) is 2. The van der Waals surface area contributed by atoms with Crippen molar-refractivity contribution in [1.29, 1.82) is 0 Å². The number of hydrogen-bond acceptors (Lipinski definition) is 3. The van der Waals surface area contributed by atoms with Crippen molar-refractivity contribution < 1.29 is 0 Å². The lowest BCUT2D eigenvalue weighted by Gasteiger charge is -2.46. The Hall–Kier alpha value is -0.930. The number of pyridine rings is 1. The van der Waals surface area contributed by atoms with Crippen LogP contribution in [0.15, 0.2) is 18.3 Å². The van der Waals surface area contributed by atoms with E-state index in [0.717, 1.165) is 5.69 Å². The normalized spacial score (nSPS) is 20.6. The molecule has 0 saturated heterocycles. The van der Waals surface area contributed by atoms with E-state index in [1.165, 1.54) is 44.1 Å². The second-order valence-corrected chi connectivity index (χ2v) is 6.37. The van der Waals surface area contributed by atoms with Crippen molar-refractivity contribution in [3.05, 3.63) is 29.6 Å². The van der Waals surface area contributed by atoms with E-state index < -0.39 is 0 Å². The summed E-state index contributed by atoms with van der Waals surface area (Å²) in [5, 5.41) is 3.58. The SMILES string of the molecule is CNC(c1ccc(C)nc1)C1(N(C)C)CCCCCC1. The van der Waals surface area contributed by atoms with Gasteiger partial charge >= 0.3 is 0 Å². The summed E-state index contributed by atoms with van der Waals surface area (Å²) in [7, 11) is 6.55. The van der Waals surface area contributed by atoms with Crippen LogP contribution in [0.1, 0.15) is 55.8 Å². The highest BCUT2D eigenvalue weighted by Gasteiger charge is 2.41. The summed E-state index contributed by atoms with van der Waals surface area (Å²) in [6, 6.07) is 4.71. The molecule has 0 amide bonds. The van der Waals surface area contributed by atoms with Crippen LogP contribution in [0, 0.1) is 6.92 Å². The van der Waals surface area contributed by atoms with Crippen molar-refractivity contribution in [2.75, 3.05) is 21.1 Å². The second-order valence-electron chi connectivity index (χ2n) is 6.37. The van der Waals surface area contributed by atoms with Gasteiger partial charge < -0.3 is 10.2 Å². The largest absolute Gasteiger partial charge is 0.311 e. The van der Waals surface area contributed by atoms with E-state index >= 15 is 0 Å². The fraction of sp³-hybridized carbons (Fsp3) is 0.706. The van der Waals surface area contributed by atoms with Gasteiger partial charge in [0.15, 0.2) is 0 Å². The Kier molecular flexibility index (Phi) is 5.17. The monoisotopic (exact) mass is 275 g/mol. The van der Waals surface area contributed by atoms with E-state index in [4.69, 9.17) is 0 Å². The predicted molar refractivity (Wildman–Crippen MR) is 84.9 cm³/mol. The van der Waals surface area contributed by atoms with E-state index in [2.05, 4.69) is 48.5 Å². The van der Waals surface area contributed by atoms with Crippen LogP contribution < -0.4 is 5.32 Å². The third kappa shape index (κ3) is 3.04. The molecule has 0 aliphatic heterocycles. The quantitative estimate of drug-likeness (QED) is 0.855. The van der Waals surface area contributed by atoms with E-state index in [1.807, 2.05) is 13.1 Å². The minimum atomic E-state index is 0.211. The number of hydrogen-bond donors (Lipinski definition) is 1. The van der Waals surface area contributed by atoms with E-state index in [1.54, 1.807) is 0 Å². The summed E-state index contributed by atoms with van der Waals surface area (Å²) in [5.74, 6) is 0. The summed E-state index contributed by atoms with van der Waals surface area (Å²) in [4.78, 5) is 6.94. The van der Waals surface area contributed by atoms with Crippen LogP contribution in [0.25, 0.3) is 0 Å². The zero-order chi connectivity index (χ0) is 14.6. The standard InChI is InChI=1S/C17H29N3/c1-14-9-10-15(13-19-14)16(18-2)17(20(3)4)11-7-5-6-8-12-17/h9-10,13,16,18H,5-8,11-12H2,1-4H3. The molecule has 1 aromatic rings. The van der Waals surface area contributed by atoms with E-state index in [-0.39, 0.29) is 5.54 Å². The molecule has 20 heavy (non-hydrogen) atoms. The van der Waals surface area contributed by atoms with Gasteiger partial charge in [0.25, 0.3) is 0 Å². The molecule has 2 rings (SSSR count). The van der Waals surface area contributed by atoms with Crippen LogP contribution in [-0.4, -0.2) is 36.6 Å². The molecule has 1 heterocycles. The molecule has 0 bridgehead atoms. The number of rotatable bonds is 4. The molecule has 1 N–H and O–H groups in total. The molecule has 1 aliphatic carbocycles. The molecule has 0 radical (unpaired) electrons. The molecule has 1 atom stereocenters. The van der Waals surface area contributed by atoms with Gasteiger partial charge in [0.05, 0.1) is 6.04 Å². The van der Waals surface area contributed by atoms with E-state index in [9.17, 15) is 0 Å². The Morgan fingerprint density at radius 2 is 1.80 bits per heavy atom. The number of aromatic nitrogens is 1. The van der Waals surface area contributed by atoms with Gasteiger partial charge in [0.1, 0.15) is 0 Å². The lowest BCUT2D eigenvalue weighted by atomic mass is 9.78. The molecule has 1 aliphatic rings. The maximum Gasteiger partial charge on any atom is 0.0519 e. The fourth-order valence-electron chi connectivity index (χ4n) is 3.73. The average molecular weight is 275 g/mol. The topological polar surface area (TPSA) is 28.2 Å². The van der Waals surface area contributed by atoms with Gasteiger partial charge in [-0.05, 0) is 52.5 Å². The van der Waals surface area contributed by atoms with Gasteiger partial charge in [-0.2, -0.15) is 0 Å². The summed E-state index contributed by atoms with van der Waals surface area (Å²) < 4.78 is 0. The number of nitrogens with one attached hydrogen (secondary N) is 1. The zero-order valence-electron chi connectivity index (χ0n) is 13.4. The molecule has 1 fully saturated rings. The molecular weight excluding hydrogens is 246 g/mol. The molecule has 0 aromatic carbocycles. The smallest absolute Gasteiger partial charge is 0.0519 e. The fourth-order valence-corrected chi connectivity index (χ4v) is 3.73. The Labute approximate surface area is 123 Å². The third-order valence-electron chi connectivity index (χ3n) is 4.95. The number of aryl methyl sites for hydroxylation is 1. The van der Waals surface area contributed by atoms with Crippen molar-refractivity contribution >= 4 is 0 Å². The van der Waals surface area contributed by atoms with Crippen LogP contribution in [0.4, 0.5) is 0 Å². The molecular formula is C17H29N3. The Morgan fingerprint density at radius 1 is 1.15 bits per heavy atom. The van der Waals surface area contributed by atoms with Crippen molar-refractivity contribution in [2.24, 2.45) is 0 Å². The molecule has 1 saturated carbocycles. The molecule has 1 aromatic heterocycles. The first-order valence-electron chi connectivity index (χ1n) is 7.87. The highest BCUT2D eigenvalue weighted by atomic mass is 15.2. The van der Waals surface area contributed by atoms with Crippen LogP contribution in [-0.2, 0) is 0 Å². The van der Waals surface area contributed by atoms with Crippen LogP contribution >= 0.6 is 0 Å². The highest BCUT2D eigenvalue weighted by Crippen LogP contribution is 2.40. The second kappa shape index (κ2) is 6.68. The van der Waals surface area contributed by atoms with Crippen LogP contribution in [0.5, 0.6) is 0 Å². The zero-order valence-corrected chi connectivity index (χ0v) is 13.4. The van der Waals surface area contributed by atoms with Crippen molar-refractivity contribution in [3.63, 3.8) is 0 Å². The van der Waals surface area contributed by atoms with Crippen LogP contribution in [0.3, 0.4) is 0 Å². The first-order chi connectivity index (χ1) is 9.60. The van der Waals surface area contributed by atoms with Gasteiger partial charge in [0, 0.05) is 17.4 Å². The molecule has 1 unspecified atom stereocenters.